The zero-order chi connectivity index (χ0) is 28.4. The predicted octanol–water partition coefficient (Wildman–Crippen LogP) is 10.2. The van der Waals surface area contributed by atoms with Gasteiger partial charge in [-0.05, 0) is 82.9 Å². The van der Waals surface area contributed by atoms with Crippen LogP contribution >= 0.6 is 15.9 Å². The average Bonchev–Trinajstić information content (AvgIpc) is 2.78. The number of hydrogen-bond donors (Lipinski definition) is 1. The largest absolute Gasteiger partial charge is 0.494 e. The normalized spacial score (nSPS) is 14.1. The average molecular weight is 571 g/mol. The molecule has 210 valence electrons. The molecule has 0 saturated heterocycles. The fourth-order valence-electron chi connectivity index (χ4n) is 3.51. The molecule has 0 radical (unpaired) electrons. The number of hydrogen-bond acceptors (Lipinski definition) is 4. The fourth-order valence-corrected chi connectivity index (χ4v) is 4.06. The Kier molecular flexibility index (Phi) is 20.4. The lowest BCUT2D eigenvalue weighted by molar-refractivity contribution is -0.122. The molecule has 1 fully saturated rings. The maximum Gasteiger partial charge on any atom is 0.145 e. The van der Waals surface area contributed by atoms with Gasteiger partial charge >= 0.3 is 0 Å². The summed E-state index contributed by atoms with van der Waals surface area (Å²) >= 11 is 3.47. The molecule has 0 aliphatic heterocycles. The summed E-state index contributed by atoms with van der Waals surface area (Å²) in [5, 5.41) is 9.27. The van der Waals surface area contributed by atoms with E-state index in [1.165, 1.54) is 32.1 Å². The Morgan fingerprint density at radius 2 is 1.61 bits per heavy atom. The highest BCUT2D eigenvalue weighted by atomic mass is 79.9. The van der Waals surface area contributed by atoms with Gasteiger partial charge in [0.15, 0.2) is 0 Å². The van der Waals surface area contributed by atoms with Crippen molar-refractivity contribution >= 4 is 33.1 Å². The molecule has 0 bridgehead atoms. The second-order valence-electron chi connectivity index (χ2n) is 10.9. The van der Waals surface area contributed by atoms with Crippen molar-refractivity contribution in [2.45, 2.75) is 139 Å². The zero-order valence-electron chi connectivity index (χ0n) is 25.3. The number of aliphatic imine (C=N–C) groups is 1. The Morgan fingerprint density at radius 3 is 2.00 bits per heavy atom. The molecule has 1 aromatic rings. The van der Waals surface area contributed by atoms with Gasteiger partial charge in [0.2, 0.25) is 0 Å². The highest BCUT2D eigenvalue weighted by Crippen LogP contribution is 2.39. The molecule has 1 aliphatic rings. The van der Waals surface area contributed by atoms with E-state index >= 15 is 0 Å². The molecule has 1 aliphatic carbocycles. The number of carbonyl (C=O) groups excluding carboxylic acids is 1. The van der Waals surface area contributed by atoms with Crippen molar-refractivity contribution in [3.8, 4) is 5.75 Å². The van der Waals surface area contributed by atoms with E-state index in [1.807, 2.05) is 19.9 Å². The van der Waals surface area contributed by atoms with Gasteiger partial charge in [-0.25, -0.2) is 0 Å². The summed E-state index contributed by atoms with van der Waals surface area (Å²) in [7, 11) is 1.68. The lowest BCUT2D eigenvalue weighted by atomic mass is 9.72. The van der Waals surface area contributed by atoms with E-state index in [4.69, 9.17) is 4.74 Å². The Bertz CT molecular complexity index is 758. The Hall–Kier alpha value is -1.20. The number of ketones is 1. The summed E-state index contributed by atoms with van der Waals surface area (Å²) in [5.41, 5.74) is 3.14. The Labute approximate surface area is 231 Å². The molecule has 1 aromatic carbocycles. The standard InChI is InChI=1S/C14H20BrNO.C9H18O2.C6H12.C2H6/c1-5-6-7-11(3)16-14-10(2)8-12(15)9-13(14)17-4;1-4-5-6-8(10)7-9(2,3)11;1-6(2)4-3-5-6;1-2/h8-9H,5-7H2,1-4H3;11H,4-7H2,1-3H3;3-5H2,1-2H3;1-2H3. The van der Waals surface area contributed by atoms with E-state index in [1.54, 1.807) is 21.0 Å². The topological polar surface area (TPSA) is 58.9 Å². The second-order valence-corrected chi connectivity index (χ2v) is 11.8. The van der Waals surface area contributed by atoms with Crippen LogP contribution in [-0.4, -0.2) is 29.3 Å². The minimum absolute atomic E-state index is 0.166. The fraction of sp³-hybridized carbons (Fsp3) is 0.742. The van der Waals surface area contributed by atoms with Crippen LogP contribution in [0.5, 0.6) is 5.75 Å². The van der Waals surface area contributed by atoms with Gasteiger partial charge in [0.05, 0.1) is 12.7 Å². The van der Waals surface area contributed by atoms with Gasteiger partial charge < -0.3 is 9.84 Å². The number of carbonyl (C=O) groups is 1. The number of halogens is 1. The summed E-state index contributed by atoms with van der Waals surface area (Å²) in [5.74, 6) is 0.993. The summed E-state index contributed by atoms with van der Waals surface area (Å²) in [6.07, 6.45) is 10.7. The lowest BCUT2D eigenvalue weighted by Crippen LogP contribution is -2.23. The van der Waals surface area contributed by atoms with Crippen molar-refractivity contribution in [1.29, 1.82) is 0 Å². The molecule has 0 aromatic heterocycles. The zero-order valence-corrected chi connectivity index (χ0v) is 26.9. The second kappa shape index (κ2) is 19.9. The van der Waals surface area contributed by atoms with Crippen molar-refractivity contribution in [3.05, 3.63) is 22.2 Å². The van der Waals surface area contributed by atoms with Crippen LogP contribution in [0.2, 0.25) is 0 Å². The molecular weight excluding hydrogens is 514 g/mol. The van der Waals surface area contributed by atoms with E-state index in [9.17, 15) is 9.90 Å². The van der Waals surface area contributed by atoms with Gasteiger partial charge in [0.25, 0.3) is 0 Å². The highest BCUT2D eigenvalue weighted by Gasteiger charge is 2.25. The van der Waals surface area contributed by atoms with Crippen LogP contribution in [0.3, 0.4) is 0 Å². The molecule has 0 unspecified atom stereocenters. The molecule has 1 N–H and O–H groups in total. The van der Waals surface area contributed by atoms with E-state index < -0.39 is 5.60 Å². The quantitative estimate of drug-likeness (QED) is 0.285. The predicted molar refractivity (Wildman–Crippen MR) is 162 cm³/mol. The number of ether oxygens (including phenoxy) is 1. The summed E-state index contributed by atoms with van der Waals surface area (Å²) in [6.45, 7) is 20.4. The number of Topliss-reactive ketones (excluding diaryl/α,β-unsaturated/α-hetero) is 1. The first-order chi connectivity index (χ1) is 16.7. The molecule has 0 amide bonds. The first kappa shape index (κ1) is 37.0. The number of aryl methyl sites for hydroxylation is 1. The first-order valence-corrected chi connectivity index (χ1v) is 14.7. The Morgan fingerprint density at radius 1 is 1.11 bits per heavy atom. The van der Waals surface area contributed by atoms with E-state index in [0.717, 1.165) is 51.9 Å². The first-order valence-electron chi connectivity index (χ1n) is 13.9. The number of rotatable bonds is 10. The summed E-state index contributed by atoms with van der Waals surface area (Å²) in [4.78, 5) is 15.7. The van der Waals surface area contributed by atoms with Crippen molar-refractivity contribution in [2.24, 2.45) is 10.4 Å². The molecule has 0 heterocycles. The van der Waals surface area contributed by atoms with Gasteiger partial charge in [-0.1, -0.05) is 76.7 Å². The van der Waals surface area contributed by atoms with Crippen LogP contribution in [0, 0.1) is 12.3 Å². The lowest BCUT2D eigenvalue weighted by Gasteiger charge is -2.33. The summed E-state index contributed by atoms with van der Waals surface area (Å²) < 4.78 is 6.40. The van der Waals surface area contributed by atoms with Gasteiger partial charge in [-0.3, -0.25) is 9.79 Å². The van der Waals surface area contributed by atoms with Gasteiger partial charge in [0.1, 0.15) is 17.2 Å². The SMILES string of the molecule is CC.CC1(C)CCC1.CCCCC(=O)CC(C)(C)O.CCCCC(C)=Nc1c(C)cc(Br)cc1OC. The molecule has 0 atom stereocenters. The molecule has 4 nitrogen and oxygen atoms in total. The smallest absolute Gasteiger partial charge is 0.145 e. The van der Waals surface area contributed by atoms with Crippen LogP contribution in [0.4, 0.5) is 5.69 Å². The van der Waals surface area contributed by atoms with E-state index in [2.05, 4.69) is 68.5 Å². The Balaban J connectivity index is 0. The van der Waals surface area contributed by atoms with Crippen molar-refractivity contribution in [2.75, 3.05) is 7.11 Å². The van der Waals surface area contributed by atoms with Gasteiger partial charge in [-0.15, -0.1) is 0 Å². The van der Waals surface area contributed by atoms with Gasteiger partial charge in [0, 0.05) is 23.0 Å². The third-order valence-electron chi connectivity index (χ3n) is 5.79. The molecule has 2 rings (SSSR count). The van der Waals surface area contributed by atoms with Crippen molar-refractivity contribution < 1.29 is 14.6 Å². The molecule has 1 saturated carbocycles. The van der Waals surface area contributed by atoms with Crippen LogP contribution in [0.1, 0.15) is 132 Å². The van der Waals surface area contributed by atoms with Crippen LogP contribution in [0.25, 0.3) is 0 Å². The van der Waals surface area contributed by atoms with Gasteiger partial charge in [-0.2, -0.15) is 0 Å². The minimum Gasteiger partial charge on any atom is -0.494 e. The van der Waals surface area contributed by atoms with Crippen LogP contribution in [-0.2, 0) is 4.79 Å². The third-order valence-corrected chi connectivity index (χ3v) is 6.25. The monoisotopic (exact) mass is 569 g/mol. The van der Waals surface area contributed by atoms with E-state index in [0.29, 0.717) is 6.42 Å². The number of aliphatic hydroxyl groups is 1. The number of methoxy groups -OCH3 is 1. The summed E-state index contributed by atoms with van der Waals surface area (Å²) in [6, 6.07) is 4.02. The molecular formula is C31H56BrNO3. The van der Waals surface area contributed by atoms with Crippen molar-refractivity contribution in [3.63, 3.8) is 0 Å². The third kappa shape index (κ3) is 19.0. The molecule has 5 heteroatoms. The maximum atomic E-state index is 11.1. The van der Waals surface area contributed by atoms with E-state index in [-0.39, 0.29) is 12.2 Å². The highest BCUT2D eigenvalue weighted by molar-refractivity contribution is 9.10. The number of benzene rings is 1. The maximum absolute atomic E-state index is 11.1. The number of nitrogens with zero attached hydrogens (tertiary/aromatic N) is 1. The molecule has 36 heavy (non-hydrogen) atoms. The number of unbranched alkanes of at least 4 members (excludes halogenated alkanes) is 2. The molecule has 0 spiro atoms. The minimum atomic E-state index is -0.829. The van der Waals surface area contributed by atoms with Crippen LogP contribution < -0.4 is 4.74 Å². The van der Waals surface area contributed by atoms with Crippen LogP contribution in [0.15, 0.2) is 21.6 Å². The van der Waals surface area contributed by atoms with Crippen molar-refractivity contribution in [1.82, 2.24) is 0 Å².